The molecule has 1 aromatic heterocycles. The molecule has 1 unspecified atom stereocenters. The van der Waals surface area contributed by atoms with E-state index in [0.717, 1.165) is 27.8 Å². The summed E-state index contributed by atoms with van der Waals surface area (Å²) >= 11 is 1.10. The van der Waals surface area contributed by atoms with Gasteiger partial charge in [-0.15, -0.1) is 11.8 Å². The van der Waals surface area contributed by atoms with Gasteiger partial charge in [0, 0.05) is 36.4 Å². The summed E-state index contributed by atoms with van der Waals surface area (Å²) in [4.78, 5) is 101. The number of fused-ring (bicyclic) bond motifs is 1. The van der Waals surface area contributed by atoms with Crippen LogP contribution in [0.3, 0.4) is 0 Å². The second-order valence-electron chi connectivity index (χ2n) is 11.9. The van der Waals surface area contributed by atoms with Gasteiger partial charge in [0.15, 0.2) is 0 Å². The largest absolute Gasteiger partial charge is 0.508 e. The number of thioether (sulfide) groups is 1. The van der Waals surface area contributed by atoms with Gasteiger partial charge in [-0.3, -0.25) is 38.6 Å². The van der Waals surface area contributed by atoms with E-state index < -0.39 is 74.9 Å². The summed E-state index contributed by atoms with van der Waals surface area (Å²) in [5.74, 6) is -5.38. The summed E-state index contributed by atoms with van der Waals surface area (Å²) in [6.07, 6.45) is 0.892. The van der Waals surface area contributed by atoms with Crippen LogP contribution in [0, 0.1) is 0 Å². The Labute approximate surface area is 283 Å². The Hall–Kier alpha value is -5.39. The van der Waals surface area contributed by atoms with Crippen LogP contribution in [0.1, 0.15) is 49.2 Å². The molecule has 16 nitrogen and oxygen atoms in total. The summed E-state index contributed by atoms with van der Waals surface area (Å²) in [5, 5.41) is 18.6. The molecule has 49 heavy (non-hydrogen) atoms. The van der Waals surface area contributed by atoms with E-state index in [1.54, 1.807) is 13.8 Å². The summed E-state index contributed by atoms with van der Waals surface area (Å²) in [6.45, 7) is 4.54. The minimum atomic E-state index is -1.50. The van der Waals surface area contributed by atoms with Gasteiger partial charge < -0.3 is 31.6 Å². The van der Waals surface area contributed by atoms with E-state index in [0.29, 0.717) is 10.5 Å². The molecule has 5 rings (SSSR count). The molecule has 0 saturated carbocycles. The van der Waals surface area contributed by atoms with E-state index >= 15 is 0 Å². The quantitative estimate of drug-likeness (QED) is 0.193. The summed E-state index contributed by atoms with van der Waals surface area (Å²) in [6, 6.07) is 7.00. The minimum Gasteiger partial charge on any atom is -0.508 e. The third-order valence-corrected chi connectivity index (χ3v) is 9.81. The molecule has 3 aromatic rings. The topological polar surface area (TPSA) is 250 Å². The lowest BCUT2D eigenvalue weighted by Crippen LogP contribution is -2.72. The van der Waals surface area contributed by atoms with Gasteiger partial charge >= 0.3 is 5.97 Å². The molecule has 0 radical (unpaired) electrons. The van der Waals surface area contributed by atoms with Crippen molar-refractivity contribution in [2.24, 2.45) is 11.5 Å². The number of carbonyl (C=O) groups excluding carboxylic acids is 5. The number of hydrogen-bond donors (Lipinski definition) is 5. The molecule has 2 saturated heterocycles. The lowest BCUT2D eigenvalue weighted by molar-refractivity contribution is -0.166. The van der Waals surface area contributed by atoms with Crippen molar-refractivity contribution in [3.05, 3.63) is 76.2 Å². The van der Waals surface area contributed by atoms with Crippen LogP contribution in [0.25, 0.3) is 11.4 Å². The van der Waals surface area contributed by atoms with Crippen molar-refractivity contribution in [2.75, 3.05) is 11.4 Å². The van der Waals surface area contributed by atoms with Gasteiger partial charge in [-0.25, -0.2) is 9.78 Å². The van der Waals surface area contributed by atoms with Gasteiger partial charge in [-0.05, 0) is 55.8 Å². The molecule has 0 aliphatic carbocycles. The maximum absolute atomic E-state index is 14.1. The van der Waals surface area contributed by atoms with E-state index in [1.807, 2.05) is 0 Å². The van der Waals surface area contributed by atoms with Gasteiger partial charge in [0.2, 0.25) is 11.8 Å². The van der Waals surface area contributed by atoms with E-state index in [2.05, 4.69) is 9.97 Å². The number of aromatic hydroxyl groups is 1. The first-order valence-corrected chi connectivity index (χ1v) is 15.8. The van der Waals surface area contributed by atoms with Crippen molar-refractivity contribution in [1.82, 2.24) is 19.8 Å². The number of phenolic OH excluding ortho intramolecular Hbond substituents is 1. The van der Waals surface area contributed by atoms with Gasteiger partial charge in [-0.2, -0.15) is 0 Å². The number of aromatic nitrogens is 2. The van der Waals surface area contributed by atoms with Crippen LogP contribution >= 0.6 is 11.8 Å². The zero-order valence-electron chi connectivity index (χ0n) is 26.5. The highest BCUT2D eigenvalue weighted by Gasteiger charge is 2.67. The monoisotopic (exact) mass is 691 g/mol. The van der Waals surface area contributed by atoms with Crippen LogP contribution < -0.4 is 21.9 Å². The van der Waals surface area contributed by atoms with E-state index in [9.17, 15) is 43.8 Å². The molecule has 2 fully saturated rings. The maximum Gasteiger partial charge on any atom is 0.327 e. The van der Waals surface area contributed by atoms with Crippen molar-refractivity contribution in [1.29, 1.82) is 0 Å². The number of phenols is 1. The van der Waals surface area contributed by atoms with Crippen molar-refractivity contribution in [3.63, 3.8) is 0 Å². The number of carbonyl (C=O) groups is 6. The normalized spacial score (nSPS) is 19.7. The Kier molecular flexibility index (Phi) is 9.45. The van der Waals surface area contributed by atoms with Gasteiger partial charge in [0.25, 0.3) is 23.3 Å². The number of nitrogens with two attached hydrogens (primary N) is 2. The predicted octanol–water partition coefficient (Wildman–Crippen LogP) is 0.555. The Morgan fingerprint density at radius 2 is 1.69 bits per heavy atom. The molecule has 17 heteroatoms. The Morgan fingerprint density at radius 1 is 1.06 bits per heavy atom. The number of hydrogen-bond acceptors (Lipinski definition) is 12. The van der Waals surface area contributed by atoms with E-state index in [-0.39, 0.29) is 35.8 Å². The van der Waals surface area contributed by atoms with Crippen LogP contribution in [0.5, 0.6) is 5.75 Å². The van der Waals surface area contributed by atoms with Crippen LogP contribution in [0.15, 0.2) is 59.5 Å². The van der Waals surface area contributed by atoms with Crippen molar-refractivity contribution in [3.8, 4) is 17.1 Å². The number of benzene rings is 2. The fourth-order valence-corrected chi connectivity index (χ4v) is 7.57. The summed E-state index contributed by atoms with van der Waals surface area (Å²) in [5.41, 5.74) is 11.0. The zero-order chi connectivity index (χ0) is 35.9. The number of carboxylic acid groups (broad SMARTS) is 1. The van der Waals surface area contributed by atoms with Crippen LogP contribution in [0.2, 0.25) is 0 Å². The second kappa shape index (κ2) is 13.3. The lowest BCUT2D eigenvalue weighted by atomic mass is 9.94. The molecule has 2 aromatic carbocycles. The first-order chi connectivity index (χ1) is 23.1. The standard InChI is InChI=1S/C32H33N7O9S/c1-15(40)37(21(42)12-13-33)18-8-4-17(5-9-18)25-35-14-20(26(43)36-25)27(44)38(28(45)22(34)16-6-10-19(41)11-7-16)23-29(46)39-24(31(47)48)32(2,3)49-30(23)39/h4-11,14,22-24,30,41H,12-13,33-34H2,1-3H3,(H,47,48)(H,35,36,43)/t22?,23-,24+,30-/m1/s1. The number of nitrogens with one attached hydrogen (secondary N) is 1. The fourth-order valence-electron chi connectivity index (χ4n) is 5.90. The molecular weight excluding hydrogens is 658 g/mol. The zero-order valence-corrected chi connectivity index (χ0v) is 27.3. The molecule has 5 amide bonds. The van der Waals surface area contributed by atoms with Gasteiger partial charge in [-0.1, -0.05) is 12.1 Å². The SMILES string of the molecule is CC(=O)N(C(=O)CCN)c1ccc(-c2ncc(C(=O)N(C(=O)C(N)c3ccc(O)cc3)[C@@H]3C(=O)N4[C@@H]3SC(C)(C)[C@@H]4C(=O)O)c(=O)[nH]2)cc1. The number of nitrogens with zero attached hydrogens (tertiary/aromatic N) is 4. The number of amides is 5. The average Bonchev–Trinajstić information content (AvgIpc) is 3.30. The molecule has 7 N–H and O–H groups in total. The predicted molar refractivity (Wildman–Crippen MR) is 176 cm³/mol. The molecule has 2 aliphatic rings. The number of aliphatic carboxylic acids is 1. The molecular formula is C32H33N7O9S. The fraction of sp³-hybridized carbons (Fsp3) is 0.312. The Balaban J connectivity index is 1.49. The van der Waals surface area contributed by atoms with Crippen LogP contribution in [-0.4, -0.2) is 94.2 Å². The summed E-state index contributed by atoms with van der Waals surface area (Å²) < 4.78 is -0.979. The number of imide groups is 2. The highest BCUT2D eigenvalue weighted by Crippen LogP contribution is 2.52. The number of β-lactam (4-membered cyclic amide) rings is 1. The number of aromatic amines is 1. The van der Waals surface area contributed by atoms with Gasteiger partial charge in [0.1, 0.15) is 40.6 Å². The minimum absolute atomic E-state index is 0.0118. The summed E-state index contributed by atoms with van der Waals surface area (Å²) in [7, 11) is 0. The van der Waals surface area contributed by atoms with E-state index in [4.69, 9.17) is 11.5 Å². The number of carboxylic acids is 1. The molecule has 4 atom stereocenters. The molecule has 0 bridgehead atoms. The molecule has 3 heterocycles. The molecule has 2 aliphatic heterocycles. The van der Waals surface area contributed by atoms with Crippen LogP contribution in [-0.2, 0) is 24.0 Å². The smallest absolute Gasteiger partial charge is 0.327 e. The maximum atomic E-state index is 14.1. The van der Waals surface area contributed by atoms with Crippen molar-refractivity contribution in [2.45, 2.75) is 55.4 Å². The average molecular weight is 692 g/mol. The van der Waals surface area contributed by atoms with Gasteiger partial charge in [0.05, 0.1) is 5.69 Å². The first-order valence-electron chi connectivity index (χ1n) is 15.0. The highest BCUT2D eigenvalue weighted by molar-refractivity contribution is 8.01. The highest BCUT2D eigenvalue weighted by atomic mass is 32.2. The first kappa shape index (κ1) is 34.9. The molecule has 256 valence electrons. The molecule has 0 spiro atoms. The number of H-pyrrole nitrogens is 1. The number of rotatable bonds is 9. The number of anilines is 1. The van der Waals surface area contributed by atoms with Crippen LogP contribution in [0.4, 0.5) is 5.69 Å². The van der Waals surface area contributed by atoms with E-state index in [1.165, 1.54) is 55.5 Å². The third-order valence-electron chi connectivity index (χ3n) is 8.25. The Morgan fingerprint density at radius 3 is 2.24 bits per heavy atom. The van der Waals surface area contributed by atoms with Crippen molar-refractivity contribution >= 4 is 53.0 Å². The van der Waals surface area contributed by atoms with Crippen molar-refractivity contribution < 1.29 is 39.0 Å². The second-order valence-corrected chi connectivity index (χ2v) is 13.7. The third kappa shape index (κ3) is 6.30. The Bertz CT molecular complexity index is 1910. The lowest BCUT2D eigenvalue weighted by Gasteiger charge is -2.47.